The van der Waals surface area contributed by atoms with Crippen molar-refractivity contribution in [3.05, 3.63) is 84.6 Å². The highest BCUT2D eigenvalue weighted by Gasteiger charge is 2.32. The van der Waals surface area contributed by atoms with Gasteiger partial charge in [0.15, 0.2) is 0 Å². The molecule has 2 aromatic carbocycles. The van der Waals surface area contributed by atoms with Crippen molar-refractivity contribution >= 4 is 34.9 Å². The Kier molecular flexibility index (Phi) is 4.71. The average molecular weight is 441 g/mol. The first-order chi connectivity index (χ1) is 14.7. The van der Waals surface area contributed by atoms with Crippen LogP contribution in [0.25, 0.3) is 5.69 Å². The van der Waals surface area contributed by atoms with Crippen molar-refractivity contribution in [1.29, 1.82) is 0 Å². The van der Waals surface area contributed by atoms with Crippen molar-refractivity contribution in [3.63, 3.8) is 0 Å². The second-order valence-corrected chi connectivity index (χ2v) is 7.14. The number of imide groups is 1. The molecule has 2 amide bonds. The first-order valence-corrected chi connectivity index (χ1v) is 9.18. The van der Waals surface area contributed by atoms with E-state index < -0.39 is 22.3 Å². The van der Waals surface area contributed by atoms with Crippen LogP contribution in [0.2, 0.25) is 5.02 Å². The Bertz CT molecular complexity index is 1360. The van der Waals surface area contributed by atoms with Gasteiger partial charge < -0.3 is 10.5 Å². The molecule has 2 heterocycles. The Morgan fingerprint density at radius 3 is 2.48 bits per heavy atom. The number of aryl methyl sites for hydroxylation is 1. The fourth-order valence-corrected chi connectivity index (χ4v) is 3.34. The molecule has 156 valence electrons. The summed E-state index contributed by atoms with van der Waals surface area (Å²) in [4.78, 5) is 47.3. The summed E-state index contributed by atoms with van der Waals surface area (Å²) in [5.74, 6) is -1.40. The number of halogens is 1. The number of pyridine rings is 1. The van der Waals surface area contributed by atoms with Gasteiger partial charge in [-0.05, 0) is 30.7 Å². The smallest absolute Gasteiger partial charge is 0.275 e. The third-order valence-corrected chi connectivity index (χ3v) is 5.09. The van der Waals surface area contributed by atoms with Crippen LogP contribution < -0.4 is 21.3 Å². The number of anilines is 1. The first kappa shape index (κ1) is 20.1. The number of benzene rings is 2. The third kappa shape index (κ3) is 3.49. The first-order valence-electron chi connectivity index (χ1n) is 8.81. The Balaban J connectivity index is 1.88. The molecule has 4 rings (SSSR count). The van der Waals surface area contributed by atoms with Crippen LogP contribution in [0.5, 0.6) is 11.5 Å². The molecule has 0 spiro atoms. The van der Waals surface area contributed by atoms with Gasteiger partial charge in [-0.1, -0.05) is 11.6 Å². The number of hydrogen-bond acceptors (Lipinski definition) is 7. The van der Waals surface area contributed by atoms with Crippen molar-refractivity contribution in [3.8, 4) is 17.2 Å². The van der Waals surface area contributed by atoms with Crippen LogP contribution in [0, 0.1) is 17.0 Å². The number of ether oxygens (including phenoxy) is 1. The molecule has 31 heavy (non-hydrogen) atoms. The van der Waals surface area contributed by atoms with Crippen LogP contribution in [-0.2, 0) is 0 Å². The maximum Gasteiger partial charge on any atom is 0.275 e. The fourth-order valence-electron chi connectivity index (χ4n) is 3.22. The quantitative estimate of drug-likeness (QED) is 0.360. The lowest BCUT2D eigenvalue weighted by atomic mass is 10.1. The molecule has 0 radical (unpaired) electrons. The molecule has 0 atom stereocenters. The summed E-state index contributed by atoms with van der Waals surface area (Å²) in [5.41, 5.74) is 5.30. The number of non-ortho nitro benzene ring substituents is 1. The lowest BCUT2D eigenvalue weighted by Crippen LogP contribution is -2.24. The number of nitrogen functional groups attached to an aromatic ring is 1. The SMILES string of the molecule is Cc1cc(Oc2cc(-n3c(N)c4c(cc3=O)C(=O)NC4=O)cc([N+](=O)[O-])c2)ccc1Cl. The van der Waals surface area contributed by atoms with Crippen LogP contribution in [0.3, 0.4) is 0 Å². The standard InChI is InChI=1S/C20H13ClN4O6/c1-9-4-12(2-3-15(9)21)31-13-6-10(5-11(7-13)25(29)30)24-16(26)8-14-17(18(24)22)20(28)23-19(14)27/h2-8H,22H2,1H3,(H,23,27,28). The van der Waals surface area contributed by atoms with Gasteiger partial charge in [-0.15, -0.1) is 0 Å². The van der Waals surface area contributed by atoms with E-state index >= 15 is 0 Å². The lowest BCUT2D eigenvalue weighted by Gasteiger charge is -2.14. The van der Waals surface area contributed by atoms with Crippen LogP contribution in [0.15, 0.2) is 47.3 Å². The second-order valence-electron chi connectivity index (χ2n) is 6.73. The zero-order chi connectivity index (χ0) is 22.4. The van der Waals surface area contributed by atoms with Gasteiger partial charge >= 0.3 is 0 Å². The van der Waals surface area contributed by atoms with Gasteiger partial charge in [0.1, 0.15) is 17.3 Å². The van der Waals surface area contributed by atoms with E-state index in [-0.39, 0.29) is 34.1 Å². The molecule has 3 aromatic rings. The van der Waals surface area contributed by atoms with Crippen molar-refractivity contribution in [2.75, 3.05) is 5.73 Å². The summed E-state index contributed by atoms with van der Waals surface area (Å²) >= 11 is 6.01. The average Bonchev–Trinajstić information content (AvgIpc) is 2.98. The van der Waals surface area contributed by atoms with Gasteiger partial charge in [0, 0.05) is 23.2 Å². The molecule has 0 saturated carbocycles. The number of amides is 2. The van der Waals surface area contributed by atoms with Crippen LogP contribution in [0.1, 0.15) is 26.3 Å². The van der Waals surface area contributed by atoms with Gasteiger partial charge in [-0.3, -0.25) is 34.4 Å². The predicted molar refractivity (Wildman–Crippen MR) is 111 cm³/mol. The monoisotopic (exact) mass is 440 g/mol. The van der Waals surface area contributed by atoms with Gasteiger partial charge in [-0.25, -0.2) is 0 Å². The van der Waals surface area contributed by atoms with E-state index in [4.69, 9.17) is 22.1 Å². The van der Waals surface area contributed by atoms with E-state index in [9.17, 15) is 24.5 Å². The molecule has 3 N–H and O–H groups in total. The van der Waals surface area contributed by atoms with E-state index in [2.05, 4.69) is 5.32 Å². The number of rotatable bonds is 4. The molecule has 0 unspecified atom stereocenters. The lowest BCUT2D eigenvalue weighted by molar-refractivity contribution is -0.384. The number of nitrogens with zero attached hydrogens (tertiary/aromatic N) is 2. The van der Waals surface area contributed by atoms with Crippen LogP contribution in [-0.4, -0.2) is 21.3 Å². The largest absolute Gasteiger partial charge is 0.457 e. The number of carbonyl (C=O) groups is 2. The third-order valence-electron chi connectivity index (χ3n) is 4.66. The van der Waals surface area contributed by atoms with E-state index in [0.29, 0.717) is 10.8 Å². The summed E-state index contributed by atoms with van der Waals surface area (Å²) in [5, 5.41) is 14.0. The second kappa shape index (κ2) is 7.26. The van der Waals surface area contributed by atoms with Crippen molar-refractivity contribution in [2.24, 2.45) is 0 Å². The number of nitrogens with one attached hydrogen (secondary N) is 1. The maximum atomic E-state index is 12.7. The molecule has 1 aromatic heterocycles. The Labute approximate surface area is 179 Å². The molecule has 1 aliphatic rings. The zero-order valence-electron chi connectivity index (χ0n) is 15.8. The number of fused-ring (bicyclic) bond motifs is 1. The highest BCUT2D eigenvalue weighted by atomic mass is 35.5. The number of nitro groups is 1. The Hall–Kier alpha value is -4.18. The Morgan fingerprint density at radius 1 is 1.06 bits per heavy atom. The van der Waals surface area contributed by atoms with E-state index in [0.717, 1.165) is 22.3 Å². The van der Waals surface area contributed by atoms with Crippen LogP contribution >= 0.6 is 11.6 Å². The molecular weight excluding hydrogens is 428 g/mol. The van der Waals surface area contributed by atoms with E-state index in [1.165, 1.54) is 12.1 Å². The summed E-state index contributed by atoms with van der Waals surface area (Å²) in [6.45, 7) is 1.77. The number of aromatic nitrogens is 1. The molecule has 10 nitrogen and oxygen atoms in total. The molecule has 1 aliphatic heterocycles. The Morgan fingerprint density at radius 2 is 1.81 bits per heavy atom. The molecule has 0 aliphatic carbocycles. The van der Waals surface area contributed by atoms with Gasteiger partial charge in [0.05, 0.1) is 27.8 Å². The van der Waals surface area contributed by atoms with Crippen LogP contribution in [0.4, 0.5) is 11.5 Å². The number of nitrogens with two attached hydrogens (primary N) is 1. The topological polar surface area (TPSA) is 147 Å². The summed E-state index contributed by atoms with van der Waals surface area (Å²) in [7, 11) is 0. The number of nitro benzene ring substituents is 1. The minimum Gasteiger partial charge on any atom is -0.457 e. The van der Waals surface area contributed by atoms with E-state index in [1.807, 2.05) is 0 Å². The number of hydrogen-bond donors (Lipinski definition) is 2. The highest BCUT2D eigenvalue weighted by Crippen LogP contribution is 2.32. The maximum absolute atomic E-state index is 12.7. The normalized spacial score (nSPS) is 12.5. The summed E-state index contributed by atoms with van der Waals surface area (Å²) in [6.07, 6.45) is 0. The van der Waals surface area contributed by atoms with Gasteiger partial charge in [-0.2, -0.15) is 0 Å². The van der Waals surface area contributed by atoms with Gasteiger partial charge in [0.2, 0.25) is 0 Å². The zero-order valence-corrected chi connectivity index (χ0v) is 16.6. The van der Waals surface area contributed by atoms with Gasteiger partial charge in [0.25, 0.3) is 23.1 Å². The van der Waals surface area contributed by atoms with Crippen molar-refractivity contribution in [1.82, 2.24) is 9.88 Å². The molecule has 0 bridgehead atoms. The fraction of sp³-hybridized carbons (Fsp3) is 0.0500. The van der Waals surface area contributed by atoms with E-state index in [1.54, 1.807) is 25.1 Å². The summed E-state index contributed by atoms with van der Waals surface area (Å²) in [6, 6.07) is 9.44. The minimum atomic E-state index is -0.759. The van der Waals surface area contributed by atoms with Crippen molar-refractivity contribution < 1.29 is 19.2 Å². The molecular formula is C20H13ClN4O6. The highest BCUT2D eigenvalue weighted by molar-refractivity contribution is 6.31. The molecule has 0 saturated heterocycles. The van der Waals surface area contributed by atoms with Crippen molar-refractivity contribution in [2.45, 2.75) is 6.92 Å². The summed E-state index contributed by atoms with van der Waals surface area (Å²) < 4.78 is 6.63. The minimum absolute atomic E-state index is 0.00710. The number of carbonyl (C=O) groups excluding carboxylic acids is 2. The molecule has 11 heteroatoms. The molecule has 0 fully saturated rings. The predicted octanol–water partition coefficient (Wildman–Crippen LogP) is 2.97.